The zero-order valence-electron chi connectivity index (χ0n) is 18.9. The SMILES string of the molecule is COC(=O)C1C(=O)[C@]2(C(=S)N[C@]3(C(=O)N(C)c4ccccc43)[C@@H]2c2ccccc2)N(C)C1C. The molecule has 1 amide bonds. The summed E-state index contributed by atoms with van der Waals surface area (Å²) in [5.74, 6) is -2.82. The number of likely N-dealkylation sites (N-methyl/N-ethyl adjacent to an activating group) is 2. The van der Waals surface area contributed by atoms with Crippen LogP contribution in [0.5, 0.6) is 0 Å². The Bertz CT molecular complexity index is 1200. The van der Waals surface area contributed by atoms with Crippen LogP contribution < -0.4 is 10.2 Å². The van der Waals surface area contributed by atoms with Crippen LogP contribution in [0.4, 0.5) is 5.69 Å². The molecule has 2 spiro atoms. The highest BCUT2D eigenvalue weighted by atomic mass is 32.1. The van der Waals surface area contributed by atoms with Crippen molar-refractivity contribution in [2.45, 2.75) is 30.0 Å². The number of likely N-dealkylation sites (tertiary alicyclic amines) is 1. The van der Waals surface area contributed by atoms with Gasteiger partial charge in [0, 0.05) is 24.3 Å². The van der Waals surface area contributed by atoms with Crippen molar-refractivity contribution in [2.75, 3.05) is 26.1 Å². The molecular formula is C25H25N3O4S. The lowest BCUT2D eigenvalue weighted by Gasteiger charge is -2.40. The molecule has 2 aromatic rings. The fraction of sp³-hybridized carbons (Fsp3) is 0.360. The number of nitrogens with zero attached hydrogens (tertiary/aromatic N) is 2. The molecule has 0 bridgehead atoms. The Kier molecular flexibility index (Phi) is 4.74. The Morgan fingerprint density at radius 1 is 1.06 bits per heavy atom. The second-order valence-electron chi connectivity index (χ2n) is 8.97. The van der Waals surface area contributed by atoms with E-state index in [-0.39, 0.29) is 16.7 Å². The molecule has 1 N–H and O–H groups in total. The number of ketones is 1. The Balaban J connectivity index is 1.84. The minimum atomic E-state index is -1.39. The van der Waals surface area contributed by atoms with Gasteiger partial charge in [0.1, 0.15) is 16.4 Å². The van der Waals surface area contributed by atoms with Crippen molar-refractivity contribution < 1.29 is 19.1 Å². The molecule has 2 fully saturated rings. The molecule has 5 atom stereocenters. The lowest BCUT2D eigenvalue weighted by molar-refractivity contribution is -0.149. The number of methoxy groups -OCH3 is 1. The van der Waals surface area contributed by atoms with Gasteiger partial charge in [-0.25, -0.2) is 0 Å². The number of fused-ring (bicyclic) bond motifs is 2. The molecule has 5 rings (SSSR count). The summed E-state index contributed by atoms with van der Waals surface area (Å²) in [7, 11) is 4.80. The number of Topliss-reactive ketones (excluding diaryl/α,β-unsaturated/α-hetero) is 1. The van der Waals surface area contributed by atoms with E-state index < -0.39 is 34.9 Å². The molecular weight excluding hydrogens is 438 g/mol. The monoisotopic (exact) mass is 463 g/mol. The van der Waals surface area contributed by atoms with Gasteiger partial charge in [-0.1, -0.05) is 60.7 Å². The highest BCUT2D eigenvalue weighted by molar-refractivity contribution is 7.80. The van der Waals surface area contributed by atoms with Crippen LogP contribution in [-0.4, -0.2) is 60.3 Å². The molecule has 0 aliphatic carbocycles. The van der Waals surface area contributed by atoms with Crippen LogP contribution in [0, 0.1) is 5.92 Å². The molecule has 0 aromatic heterocycles. The summed E-state index contributed by atoms with van der Waals surface area (Å²) in [6.45, 7) is 1.82. The maximum atomic E-state index is 14.2. The van der Waals surface area contributed by atoms with Crippen molar-refractivity contribution in [1.29, 1.82) is 0 Å². The van der Waals surface area contributed by atoms with Crippen LogP contribution in [0.3, 0.4) is 0 Å². The number of benzene rings is 2. The van der Waals surface area contributed by atoms with Crippen molar-refractivity contribution in [3.8, 4) is 0 Å². The summed E-state index contributed by atoms with van der Waals surface area (Å²) in [5, 5.41) is 3.33. The molecule has 7 nitrogen and oxygen atoms in total. The van der Waals surface area contributed by atoms with E-state index in [1.54, 1.807) is 19.0 Å². The summed E-state index contributed by atoms with van der Waals surface area (Å²) in [6, 6.07) is 16.6. The van der Waals surface area contributed by atoms with Crippen LogP contribution >= 0.6 is 12.2 Å². The fourth-order valence-electron chi connectivity index (χ4n) is 6.14. The maximum absolute atomic E-state index is 14.2. The van der Waals surface area contributed by atoms with Gasteiger partial charge in [-0.15, -0.1) is 0 Å². The topological polar surface area (TPSA) is 78.9 Å². The van der Waals surface area contributed by atoms with E-state index >= 15 is 0 Å². The first-order valence-corrected chi connectivity index (χ1v) is 11.3. The average molecular weight is 464 g/mol. The number of rotatable bonds is 2. The smallest absolute Gasteiger partial charge is 0.317 e. The van der Waals surface area contributed by atoms with Gasteiger partial charge < -0.3 is 15.0 Å². The lowest BCUT2D eigenvalue weighted by Crippen LogP contribution is -2.57. The fourth-order valence-corrected chi connectivity index (χ4v) is 6.66. The number of para-hydroxylation sites is 1. The van der Waals surface area contributed by atoms with Crippen LogP contribution in [0.25, 0.3) is 0 Å². The van der Waals surface area contributed by atoms with Gasteiger partial charge in [0.15, 0.2) is 11.3 Å². The van der Waals surface area contributed by atoms with Crippen molar-refractivity contribution in [1.82, 2.24) is 10.2 Å². The first kappa shape index (κ1) is 21.7. The first-order valence-electron chi connectivity index (χ1n) is 10.8. The van der Waals surface area contributed by atoms with Gasteiger partial charge in [-0.3, -0.25) is 19.3 Å². The minimum absolute atomic E-state index is 0.188. The standard InChI is InChI=1S/C25H25N3O4S/c1-14-18(21(30)32-4)20(29)25(28(14)3)19(15-10-6-5-7-11-15)24(26-22(25)33)16-12-8-9-13-17(16)27(2)23(24)31/h5-14,18-19H,1-4H3,(H,26,33)/t14?,18?,19-,24-,25+/m0/s1. The Morgan fingerprint density at radius 2 is 1.70 bits per heavy atom. The van der Waals surface area contributed by atoms with Crippen molar-refractivity contribution in [3.63, 3.8) is 0 Å². The number of hydrogen-bond donors (Lipinski definition) is 1. The highest BCUT2D eigenvalue weighted by Gasteiger charge is 2.76. The third-order valence-corrected chi connectivity index (χ3v) is 8.15. The van der Waals surface area contributed by atoms with Crippen LogP contribution in [0.1, 0.15) is 24.0 Å². The molecule has 3 aliphatic heterocycles. The summed E-state index contributed by atoms with van der Waals surface area (Å²) in [5.41, 5.74) is -0.343. The minimum Gasteiger partial charge on any atom is -0.468 e. The van der Waals surface area contributed by atoms with Crippen LogP contribution in [-0.2, 0) is 24.7 Å². The molecule has 3 heterocycles. The van der Waals surface area contributed by atoms with E-state index in [1.165, 1.54) is 7.11 Å². The third-order valence-electron chi connectivity index (χ3n) is 7.74. The number of anilines is 1. The predicted molar refractivity (Wildman–Crippen MR) is 127 cm³/mol. The number of thiocarbonyl (C=S) groups is 1. The van der Waals surface area contributed by atoms with Crippen molar-refractivity contribution in [2.24, 2.45) is 5.92 Å². The molecule has 0 radical (unpaired) electrons. The number of amides is 1. The van der Waals surface area contributed by atoms with Gasteiger partial charge in [0.05, 0.1) is 13.0 Å². The van der Waals surface area contributed by atoms with Crippen molar-refractivity contribution >= 4 is 40.6 Å². The third kappa shape index (κ3) is 2.42. The zero-order valence-corrected chi connectivity index (χ0v) is 19.7. The first-order chi connectivity index (χ1) is 15.7. The molecule has 0 saturated carbocycles. The number of hydrogen-bond acceptors (Lipinski definition) is 6. The van der Waals surface area contributed by atoms with E-state index in [1.807, 2.05) is 66.4 Å². The number of nitrogens with one attached hydrogen (secondary N) is 1. The Morgan fingerprint density at radius 3 is 2.36 bits per heavy atom. The normalized spacial score (nSPS) is 33.2. The highest BCUT2D eigenvalue weighted by Crippen LogP contribution is 2.60. The lowest BCUT2D eigenvalue weighted by atomic mass is 9.67. The van der Waals surface area contributed by atoms with Crippen LogP contribution in [0.15, 0.2) is 54.6 Å². The zero-order chi connectivity index (χ0) is 23.7. The summed E-state index contributed by atoms with van der Waals surface area (Å²) < 4.78 is 4.99. The Hall–Kier alpha value is -3.10. The maximum Gasteiger partial charge on any atom is 0.317 e. The van der Waals surface area contributed by atoms with Gasteiger partial charge >= 0.3 is 5.97 Å². The van der Waals surface area contributed by atoms with E-state index in [0.717, 1.165) is 16.8 Å². The molecule has 8 heteroatoms. The average Bonchev–Trinajstić information content (AvgIpc) is 3.31. The molecule has 2 aromatic carbocycles. The Labute approximate surface area is 197 Å². The number of carbonyl (C=O) groups is 3. The molecule has 170 valence electrons. The van der Waals surface area contributed by atoms with Gasteiger partial charge in [0.25, 0.3) is 5.91 Å². The summed E-state index contributed by atoms with van der Waals surface area (Å²) in [6.07, 6.45) is 0. The van der Waals surface area contributed by atoms with Crippen molar-refractivity contribution in [3.05, 3.63) is 65.7 Å². The summed E-state index contributed by atoms with van der Waals surface area (Å²) in [4.78, 5) is 44.6. The van der Waals surface area contributed by atoms with Gasteiger partial charge in [-0.05, 0) is 25.6 Å². The quantitative estimate of drug-likeness (QED) is 0.415. The van der Waals surface area contributed by atoms with E-state index in [9.17, 15) is 14.4 Å². The second kappa shape index (κ2) is 7.20. The molecule has 33 heavy (non-hydrogen) atoms. The van der Waals surface area contributed by atoms with E-state index in [4.69, 9.17) is 17.0 Å². The van der Waals surface area contributed by atoms with Gasteiger partial charge in [-0.2, -0.15) is 0 Å². The number of esters is 1. The number of ether oxygens (including phenoxy) is 1. The van der Waals surface area contributed by atoms with E-state index in [0.29, 0.717) is 0 Å². The molecule has 2 unspecified atom stereocenters. The number of carbonyl (C=O) groups excluding carboxylic acids is 3. The van der Waals surface area contributed by atoms with E-state index in [2.05, 4.69) is 5.32 Å². The molecule has 3 aliphatic rings. The largest absolute Gasteiger partial charge is 0.468 e. The molecule has 2 saturated heterocycles. The van der Waals surface area contributed by atoms with Crippen LogP contribution in [0.2, 0.25) is 0 Å². The van der Waals surface area contributed by atoms with Gasteiger partial charge in [0.2, 0.25) is 0 Å². The summed E-state index contributed by atoms with van der Waals surface area (Å²) >= 11 is 5.88. The predicted octanol–water partition coefficient (Wildman–Crippen LogP) is 2.00. The second-order valence-corrected chi connectivity index (χ2v) is 9.38.